The van der Waals surface area contributed by atoms with Crippen molar-refractivity contribution in [1.82, 2.24) is 9.97 Å². The van der Waals surface area contributed by atoms with Gasteiger partial charge in [0.25, 0.3) is 17.8 Å². The van der Waals surface area contributed by atoms with Crippen LogP contribution in [0.5, 0.6) is 17.8 Å². The Labute approximate surface area is 83.4 Å². The van der Waals surface area contributed by atoms with Gasteiger partial charge in [0, 0.05) is 0 Å². The number of hydrogen-bond acceptors (Lipinski definition) is 4. The molecule has 0 aromatic carbocycles. The smallest absolute Gasteiger partial charge is 0.299 e. The summed E-state index contributed by atoms with van der Waals surface area (Å²) >= 11 is 0. The van der Waals surface area contributed by atoms with E-state index in [1.54, 1.807) is 0 Å². The van der Waals surface area contributed by atoms with Gasteiger partial charge in [0.2, 0.25) is 0 Å². The van der Waals surface area contributed by atoms with Crippen molar-refractivity contribution in [3.05, 3.63) is 0 Å². The van der Waals surface area contributed by atoms with Gasteiger partial charge in [-0.15, -0.1) is 0 Å². The van der Waals surface area contributed by atoms with Gasteiger partial charge in [0.05, 0.1) is 19.8 Å². The maximum absolute atomic E-state index is 5.29. The Bertz CT molecular complexity index is 250. The van der Waals surface area contributed by atoms with E-state index in [1.807, 2.05) is 20.8 Å². The normalized spacial score (nSPS) is 9.93. The molecule has 0 atom stereocenters. The summed E-state index contributed by atoms with van der Waals surface area (Å²) in [4.78, 5) is 6.97. The van der Waals surface area contributed by atoms with Crippen molar-refractivity contribution in [3.63, 3.8) is 0 Å². The minimum absolute atomic E-state index is 0.430. The zero-order chi connectivity index (χ0) is 10.4. The first-order valence-corrected chi connectivity index (χ1v) is 4.80. The molecule has 1 N–H and O–H groups in total. The molecule has 80 valence electrons. The largest absolute Gasteiger partial charge is 0.475 e. The van der Waals surface area contributed by atoms with Crippen molar-refractivity contribution in [2.45, 2.75) is 20.8 Å². The van der Waals surface area contributed by atoms with Crippen molar-refractivity contribution in [2.75, 3.05) is 19.8 Å². The first kappa shape index (κ1) is 10.7. The van der Waals surface area contributed by atoms with Gasteiger partial charge in [-0.3, -0.25) is 4.98 Å². The lowest BCUT2D eigenvalue weighted by molar-refractivity contribution is 0.276. The fourth-order valence-corrected chi connectivity index (χ4v) is 1.00. The number of nitrogens with zero attached hydrogens (tertiary/aromatic N) is 1. The van der Waals surface area contributed by atoms with Crippen LogP contribution in [0, 0.1) is 0 Å². The van der Waals surface area contributed by atoms with Crippen LogP contribution in [-0.4, -0.2) is 29.8 Å². The van der Waals surface area contributed by atoms with Gasteiger partial charge in [-0.05, 0) is 20.8 Å². The molecule has 0 aliphatic carbocycles. The fourth-order valence-electron chi connectivity index (χ4n) is 1.00. The average molecular weight is 200 g/mol. The molecule has 14 heavy (non-hydrogen) atoms. The number of hydrogen-bond donors (Lipinski definition) is 1. The average Bonchev–Trinajstić information content (AvgIpc) is 2.50. The van der Waals surface area contributed by atoms with Crippen LogP contribution in [0.25, 0.3) is 0 Å². The first-order valence-electron chi connectivity index (χ1n) is 4.80. The highest BCUT2D eigenvalue weighted by molar-refractivity contribution is 5.29. The Kier molecular flexibility index (Phi) is 4.10. The predicted octanol–water partition coefficient (Wildman–Crippen LogP) is 1.61. The summed E-state index contributed by atoms with van der Waals surface area (Å²) in [5.74, 6) is 0.982. The summed E-state index contributed by atoms with van der Waals surface area (Å²) in [6.07, 6.45) is 0. The minimum atomic E-state index is 0.430. The molecular formula is C9H16N2O3. The molecule has 0 radical (unpaired) electrons. The Morgan fingerprint density at radius 1 is 1.00 bits per heavy atom. The standard InChI is InChI=1S/C9H16N2O3/c1-4-12-7-8(13-5-2)11-9(10-7)14-6-3/h4-6H2,1-3H3,(H,10,11). The van der Waals surface area contributed by atoms with Gasteiger partial charge >= 0.3 is 0 Å². The molecule has 0 unspecified atom stereocenters. The number of aromatic amines is 1. The van der Waals surface area contributed by atoms with E-state index in [1.165, 1.54) is 0 Å². The molecule has 0 aliphatic rings. The highest BCUT2D eigenvalue weighted by Crippen LogP contribution is 2.26. The van der Waals surface area contributed by atoms with Crippen LogP contribution in [-0.2, 0) is 0 Å². The van der Waals surface area contributed by atoms with Crippen LogP contribution < -0.4 is 14.2 Å². The number of imidazole rings is 1. The van der Waals surface area contributed by atoms with E-state index in [0.29, 0.717) is 37.6 Å². The molecule has 1 aromatic heterocycles. The lowest BCUT2D eigenvalue weighted by Gasteiger charge is -2.01. The van der Waals surface area contributed by atoms with Gasteiger partial charge in [0.15, 0.2) is 0 Å². The Morgan fingerprint density at radius 2 is 1.64 bits per heavy atom. The number of nitrogens with one attached hydrogen (secondary N) is 1. The Morgan fingerprint density at radius 3 is 2.21 bits per heavy atom. The fraction of sp³-hybridized carbons (Fsp3) is 0.667. The number of aromatic nitrogens is 2. The van der Waals surface area contributed by atoms with Crippen molar-refractivity contribution in [1.29, 1.82) is 0 Å². The lowest BCUT2D eigenvalue weighted by Crippen LogP contribution is -1.97. The quantitative estimate of drug-likeness (QED) is 0.757. The van der Waals surface area contributed by atoms with E-state index in [0.717, 1.165) is 0 Å². The third-order valence-corrected chi connectivity index (χ3v) is 1.47. The first-order chi connectivity index (χ1) is 6.81. The van der Waals surface area contributed by atoms with Crippen molar-refractivity contribution < 1.29 is 14.2 Å². The van der Waals surface area contributed by atoms with Crippen molar-refractivity contribution in [2.24, 2.45) is 0 Å². The summed E-state index contributed by atoms with van der Waals surface area (Å²) in [5.41, 5.74) is 0. The van der Waals surface area contributed by atoms with Crippen LogP contribution in [0.4, 0.5) is 0 Å². The molecule has 0 saturated carbocycles. The van der Waals surface area contributed by atoms with E-state index < -0.39 is 0 Å². The summed E-state index contributed by atoms with van der Waals surface area (Å²) < 4.78 is 15.8. The van der Waals surface area contributed by atoms with Crippen LogP contribution in [0.2, 0.25) is 0 Å². The molecule has 1 heterocycles. The van der Waals surface area contributed by atoms with E-state index in [9.17, 15) is 0 Å². The maximum Gasteiger partial charge on any atom is 0.299 e. The second kappa shape index (κ2) is 5.36. The maximum atomic E-state index is 5.29. The van der Waals surface area contributed by atoms with E-state index >= 15 is 0 Å². The third kappa shape index (κ3) is 2.55. The van der Waals surface area contributed by atoms with Crippen molar-refractivity contribution in [3.8, 4) is 17.8 Å². The lowest BCUT2D eigenvalue weighted by atomic mass is 10.7. The molecule has 1 aromatic rings. The van der Waals surface area contributed by atoms with Gasteiger partial charge in [-0.25, -0.2) is 0 Å². The molecule has 5 nitrogen and oxygen atoms in total. The van der Waals surface area contributed by atoms with Gasteiger partial charge in [0.1, 0.15) is 0 Å². The zero-order valence-corrected chi connectivity index (χ0v) is 8.79. The van der Waals surface area contributed by atoms with E-state index in [-0.39, 0.29) is 0 Å². The zero-order valence-electron chi connectivity index (χ0n) is 8.79. The third-order valence-electron chi connectivity index (χ3n) is 1.47. The molecule has 0 bridgehead atoms. The summed E-state index contributed by atoms with van der Waals surface area (Å²) in [7, 11) is 0. The summed E-state index contributed by atoms with van der Waals surface area (Å²) in [6, 6.07) is 0.430. The Balaban J connectivity index is 2.76. The molecule has 0 spiro atoms. The molecule has 0 amide bonds. The molecule has 1 rings (SSSR count). The number of rotatable bonds is 6. The molecule has 0 aliphatic heterocycles. The van der Waals surface area contributed by atoms with Crippen molar-refractivity contribution >= 4 is 0 Å². The molecule has 0 saturated heterocycles. The highest BCUT2D eigenvalue weighted by Gasteiger charge is 2.12. The molecule has 0 fully saturated rings. The highest BCUT2D eigenvalue weighted by atomic mass is 16.5. The second-order valence-electron chi connectivity index (χ2n) is 2.48. The van der Waals surface area contributed by atoms with Crippen LogP contribution in [0.15, 0.2) is 0 Å². The topological polar surface area (TPSA) is 56.4 Å². The summed E-state index contributed by atoms with van der Waals surface area (Å²) in [6.45, 7) is 7.36. The van der Waals surface area contributed by atoms with Gasteiger partial charge in [-0.1, -0.05) is 0 Å². The Hall–Kier alpha value is -1.39. The molecule has 5 heteroatoms. The van der Waals surface area contributed by atoms with E-state index in [4.69, 9.17) is 14.2 Å². The molecular weight excluding hydrogens is 184 g/mol. The van der Waals surface area contributed by atoms with Crippen LogP contribution >= 0.6 is 0 Å². The van der Waals surface area contributed by atoms with Crippen LogP contribution in [0.1, 0.15) is 20.8 Å². The minimum Gasteiger partial charge on any atom is -0.475 e. The number of H-pyrrole nitrogens is 1. The monoisotopic (exact) mass is 200 g/mol. The predicted molar refractivity (Wildman–Crippen MR) is 52.1 cm³/mol. The summed E-state index contributed by atoms with van der Waals surface area (Å²) in [5, 5.41) is 0. The second-order valence-corrected chi connectivity index (χ2v) is 2.48. The van der Waals surface area contributed by atoms with Gasteiger partial charge < -0.3 is 14.2 Å². The number of ether oxygens (including phenoxy) is 3. The van der Waals surface area contributed by atoms with Gasteiger partial charge in [-0.2, -0.15) is 4.98 Å². The van der Waals surface area contributed by atoms with E-state index in [2.05, 4.69) is 9.97 Å². The SMILES string of the molecule is CCOc1nc(OCC)c(OCC)[nH]1. The van der Waals surface area contributed by atoms with Crippen LogP contribution in [0.3, 0.4) is 0 Å².